The molecule has 0 radical (unpaired) electrons. The van der Waals surface area contributed by atoms with Gasteiger partial charge < -0.3 is 5.32 Å². The van der Waals surface area contributed by atoms with E-state index in [-0.39, 0.29) is 12.4 Å². The smallest absolute Gasteiger partial charge is 0.281 e. The van der Waals surface area contributed by atoms with Gasteiger partial charge in [-0.05, 0) is 37.2 Å². The minimum Gasteiger partial charge on any atom is -0.317 e. The summed E-state index contributed by atoms with van der Waals surface area (Å²) in [6.45, 7) is 4.36. The van der Waals surface area contributed by atoms with Crippen LogP contribution in [0.4, 0.5) is 4.39 Å². The van der Waals surface area contributed by atoms with Gasteiger partial charge in [0.25, 0.3) is 10.2 Å². The van der Waals surface area contributed by atoms with Crippen molar-refractivity contribution in [1.82, 2.24) is 13.9 Å². The van der Waals surface area contributed by atoms with Gasteiger partial charge in [0, 0.05) is 27.2 Å². The molecule has 0 unspecified atom stereocenters. The van der Waals surface area contributed by atoms with Gasteiger partial charge in [0.2, 0.25) is 0 Å². The van der Waals surface area contributed by atoms with E-state index in [0.717, 1.165) is 25.1 Å². The predicted octanol–water partition coefficient (Wildman–Crippen LogP) is 1.43. The Hall–Kier alpha value is -1.02. The first-order chi connectivity index (χ1) is 9.87. The molecule has 0 aromatic heterocycles. The number of benzene rings is 1. The molecule has 120 valence electrons. The highest BCUT2D eigenvalue weighted by Crippen LogP contribution is 2.11. The van der Waals surface area contributed by atoms with Crippen molar-refractivity contribution >= 4 is 10.2 Å². The highest BCUT2D eigenvalue weighted by molar-refractivity contribution is 7.86. The molecule has 0 aliphatic carbocycles. The van der Waals surface area contributed by atoms with Crippen LogP contribution in [0.25, 0.3) is 0 Å². The Balaban J connectivity index is 2.57. The third-order valence-corrected chi connectivity index (χ3v) is 5.07. The van der Waals surface area contributed by atoms with Crippen molar-refractivity contribution in [3.63, 3.8) is 0 Å². The zero-order chi connectivity index (χ0) is 15.9. The van der Waals surface area contributed by atoms with Gasteiger partial charge in [-0.3, -0.25) is 0 Å². The van der Waals surface area contributed by atoms with Crippen molar-refractivity contribution in [3.8, 4) is 0 Å². The van der Waals surface area contributed by atoms with Gasteiger partial charge in [-0.2, -0.15) is 17.0 Å². The molecule has 1 N–H and O–H groups in total. The molecule has 1 rings (SSSR count). The lowest BCUT2D eigenvalue weighted by molar-refractivity contribution is 0.384. The Labute approximate surface area is 126 Å². The second kappa shape index (κ2) is 8.43. The predicted molar refractivity (Wildman–Crippen MR) is 82.6 cm³/mol. The maximum Gasteiger partial charge on any atom is 0.281 e. The molecule has 21 heavy (non-hydrogen) atoms. The fraction of sp³-hybridized carbons (Fsp3) is 0.571. The average Bonchev–Trinajstić information content (AvgIpc) is 2.45. The Morgan fingerprint density at radius 1 is 1.14 bits per heavy atom. The third kappa shape index (κ3) is 5.70. The van der Waals surface area contributed by atoms with Crippen molar-refractivity contribution < 1.29 is 12.8 Å². The summed E-state index contributed by atoms with van der Waals surface area (Å²) >= 11 is 0. The van der Waals surface area contributed by atoms with E-state index >= 15 is 0 Å². The van der Waals surface area contributed by atoms with Crippen molar-refractivity contribution in [2.45, 2.75) is 19.9 Å². The molecule has 1 aromatic carbocycles. The lowest BCUT2D eigenvalue weighted by atomic mass is 10.2. The zero-order valence-corrected chi connectivity index (χ0v) is 13.7. The quantitative estimate of drug-likeness (QED) is 0.701. The molecule has 1 aromatic rings. The summed E-state index contributed by atoms with van der Waals surface area (Å²) in [6.07, 6.45) is 0.758. The summed E-state index contributed by atoms with van der Waals surface area (Å²) in [5.41, 5.74) is 0.753. The molecule has 0 aliphatic rings. The molecular formula is C14H24FN3O2S. The number of hydrogen-bond acceptors (Lipinski definition) is 3. The van der Waals surface area contributed by atoms with Gasteiger partial charge in [0.05, 0.1) is 0 Å². The normalized spacial score (nSPS) is 12.3. The average molecular weight is 317 g/mol. The van der Waals surface area contributed by atoms with Gasteiger partial charge in [-0.1, -0.05) is 19.1 Å². The van der Waals surface area contributed by atoms with E-state index in [1.165, 1.54) is 27.8 Å². The number of nitrogens with zero attached hydrogens (tertiary/aromatic N) is 2. The van der Waals surface area contributed by atoms with Crippen LogP contribution in [0.15, 0.2) is 24.3 Å². The van der Waals surface area contributed by atoms with E-state index in [1.54, 1.807) is 19.2 Å². The molecule has 0 fully saturated rings. The highest BCUT2D eigenvalue weighted by atomic mass is 32.2. The Kier molecular flexibility index (Phi) is 7.24. The van der Waals surface area contributed by atoms with Crippen LogP contribution >= 0.6 is 0 Å². The summed E-state index contributed by atoms with van der Waals surface area (Å²) in [4.78, 5) is 0. The third-order valence-electron chi connectivity index (χ3n) is 3.18. The highest BCUT2D eigenvalue weighted by Gasteiger charge is 2.23. The summed E-state index contributed by atoms with van der Waals surface area (Å²) in [7, 11) is -0.390. The maximum atomic E-state index is 12.8. The fourth-order valence-corrected chi connectivity index (χ4v) is 3.03. The second-order valence-corrected chi connectivity index (χ2v) is 7.06. The SMILES string of the molecule is CCNCCCN(C)S(=O)(=O)N(C)Cc1ccc(F)cc1. The molecule has 0 aliphatic heterocycles. The van der Waals surface area contributed by atoms with Gasteiger partial charge >= 0.3 is 0 Å². The minimum absolute atomic E-state index is 0.222. The fourth-order valence-electron chi connectivity index (χ4n) is 1.89. The van der Waals surface area contributed by atoms with Crippen LogP contribution in [0.5, 0.6) is 0 Å². The van der Waals surface area contributed by atoms with E-state index < -0.39 is 10.2 Å². The first-order valence-corrected chi connectivity index (χ1v) is 8.40. The van der Waals surface area contributed by atoms with E-state index in [1.807, 2.05) is 6.92 Å². The monoisotopic (exact) mass is 317 g/mol. The minimum atomic E-state index is -3.49. The van der Waals surface area contributed by atoms with Gasteiger partial charge in [0.1, 0.15) is 5.82 Å². The molecular weight excluding hydrogens is 293 g/mol. The molecule has 7 heteroatoms. The summed E-state index contributed by atoms with van der Waals surface area (Å²) in [5, 5.41) is 3.16. The number of rotatable bonds is 9. The molecule has 5 nitrogen and oxygen atoms in total. The van der Waals surface area contributed by atoms with E-state index in [2.05, 4.69) is 5.32 Å². The lowest BCUT2D eigenvalue weighted by Gasteiger charge is -2.24. The number of nitrogens with one attached hydrogen (secondary N) is 1. The standard InChI is InChI=1S/C14H24FN3O2S/c1-4-16-10-5-11-17(2)21(19,20)18(3)12-13-6-8-14(15)9-7-13/h6-9,16H,4-5,10-12H2,1-3H3. The van der Waals surface area contributed by atoms with Crippen molar-refractivity contribution in [1.29, 1.82) is 0 Å². The van der Waals surface area contributed by atoms with Crippen LogP contribution in [0.3, 0.4) is 0 Å². The molecule has 0 spiro atoms. The van der Waals surface area contributed by atoms with Crippen LogP contribution in [-0.2, 0) is 16.8 Å². The van der Waals surface area contributed by atoms with E-state index in [9.17, 15) is 12.8 Å². The topological polar surface area (TPSA) is 52.7 Å². The number of hydrogen-bond donors (Lipinski definition) is 1. The van der Waals surface area contributed by atoms with Gasteiger partial charge in [-0.15, -0.1) is 0 Å². The summed E-state index contributed by atoms with van der Waals surface area (Å²) in [5.74, 6) is -0.329. The van der Waals surface area contributed by atoms with Crippen molar-refractivity contribution in [3.05, 3.63) is 35.6 Å². The molecule has 0 atom stereocenters. The first kappa shape index (κ1) is 18.0. The van der Waals surface area contributed by atoms with Crippen LogP contribution in [0.1, 0.15) is 18.9 Å². The Bertz CT molecular complexity index is 520. The van der Waals surface area contributed by atoms with Crippen LogP contribution < -0.4 is 5.32 Å². The zero-order valence-electron chi connectivity index (χ0n) is 12.8. The molecule has 0 saturated heterocycles. The molecule has 0 saturated carbocycles. The van der Waals surface area contributed by atoms with Crippen LogP contribution in [-0.4, -0.2) is 50.8 Å². The Morgan fingerprint density at radius 2 is 1.76 bits per heavy atom. The second-order valence-electron chi connectivity index (χ2n) is 4.92. The summed E-state index contributed by atoms with van der Waals surface area (Å²) < 4.78 is 40.1. The lowest BCUT2D eigenvalue weighted by Crippen LogP contribution is -2.40. The molecule has 0 bridgehead atoms. The van der Waals surface area contributed by atoms with Crippen molar-refractivity contribution in [2.24, 2.45) is 0 Å². The van der Waals surface area contributed by atoms with Gasteiger partial charge in [-0.25, -0.2) is 4.39 Å². The van der Waals surface area contributed by atoms with Crippen LogP contribution in [0, 0.1) is 5.82 Å². The first-order valence-electron chi connectivity index (χ1n) is 7.00. The number of halogens is 1. The van der Waals surface area contributed by atoms with E-state index in [0.29, 0.717) is 6.54 Å². The van der Waals surface area contributed by atoms with E-state index in [4.69, 9.17) is 0 Å². The maximum absolute atomic E-state index is 12.8. The van der Waals surface area contributed by atoms with Gasteiger partial charge in [0.15, 0.2) is 0 Å². The van der Waals surface area contributed by atoms with Crippen molar-refractivity contribution in [2.75, 3.05) is 33.7 Å². The largest absolute Gasteiger partial charge is 0.317 e. The molecule has 0 heterocycles. The Morgan fingerprint density at radius 3 is 2.33 bits per heavy atom. The molecule has 0 amide bonds. The van der Waals surface area contributed by atoms with Crippen LogP contribution in [0.2, 0.25) is 0 Å². The summed E-state index contributed by atoms with van der Waals surface area (Å²) in [6, 6.07) is 5.84.